The van der Waals surface area contributed by atoms with Crippen LogP contribution in [0.15, 0.2) is 39.5 Å². The van der Waals surface area contributed by atoms with E-state index in [0.29, 0.717) is 18.7 Å². The molecule has 21 heavy (non-hydrogen) atoms. The summed E-state index contributed by atoms with van der Waals surface area (Å²) in [7, 11) is 0. The van der Waals surface area contributed by atoms with Gasteiger partial charge in [-0.1, -0.05) is 12.1 Å². The number of amides is 1. The average Bonchev–Trinajstić information content (AvgIpc) is 2.47. The van der Waals surface area contributed by atoms with Crippen LogP contribution in [0.25, 0.3) is 11.0 Å². The van der Waals surface area contributed by atoms with Crippen LogP contribution in [0, 0.1) is 0 Å². The summed E-state index contributed by atoms with van der Waals surface area (Å²) in [4.78, 5) is 23.9. The molecule has 6 nitrogen and oxygen atoms in total. The summed E-state index contributed by atoms with van der Waals surface area (Å²) in [5.74, 6) is 0. The molecule has 1 aliphatic rings. The smallest absolute Gasteiger partial charge is 0.407 e. The average molecular weight is 288 g/mol. The van der Waals surface area contributed by atoms with Crippen LogP contribution in [-0.2, 0) is 0 Å². The standard InChI is InChI=1S/C15H16N2O4/c18-14-9-12(11-3-1-2-4-13(11)21-14)16-10-5-7-17(8-6-10)15(19)20/h1-4,9-10,16H,5-8H2,(H,19,20). The fourth-order valence-corrected chi connectivity index (χ4v) is 2.67. The Morgan fingerprint density at radius 1 is 1.29 bits per heavy atom. The van der Waals surface area contributed by atoms with Crippen molar-refractivity contribution in [1.29, 1.82) is 0 Å². The Labute approximate surface area is 121 Å². The largest absolute Gasteiger partial charge is 0.465 e. The normalized spacial score (nSPS) is 16.1. The number of carboxylic acid groups (broad SMARTS) is 1. The predicted molar refractivity (Wildman–Crippen MR) is 78.7 cm³/mol. The predicted octanol–water partition coefficient (Wildman–Crippen LogP) is 2.35. The fraction of sp³-hybridized carbons (Fsp3) is 0.333. The van der Waals surface area contributed by atoms with E-state index in [4.69, 9.17) is 9.52 Å². The molecule has 2 N–H and O–H groups in total. The minimum Gasteiger partial charge on any atom is -0.465 e. The van der Waals surface area contributed by atoms with E-state index in [0.717, 1.165) is 23.9 Å². The highest BCUT2D eigenvalue weighted by Gasteiger charge is 2.22. The number of likely N-dealkylation sites (tertiary alicyclic amines) is 1. The summed E-state index contributed by atoms with van der Waals surface area (Å²) in [6.45, 7) is 1.01. The quantitative estimate of drug-likeness (QED) is 0.829. The second-order valence-corrected chi connectivity index (χ2v) is 5.16. The lowest BCUT2D eigenvalue weighted by Gasteiger charge is -2.31. The fourth-order valence-electron chi connectivity index (χ4n) is 2.67. The highest BCUT2D eigenvalue weighted by molar-refractivity contribution is 5.89. The second-order valence-electron chi connectivity index (χ2n) is 5.16. The van der Waals surface area contributed by atoms with Gasteiger partial charge in [0.2, 0.25) is 0 Å². The number of hydrogen-bond acceptors (Lipinski definition) is 4. The lowest BCUT2D eigenvalue weighted by atomic mass is 10.0. The van der Waals surface area contributed by atoms with Gasteiger partial charge in [-0.05, 0) is 25.0 Å². The van der Waals surface area contributed by atoms with E-state index in [1.165, 1.54) is 11.0 Å². The molecule has 1 fully saturated rings. The maximum Gasteiger partial charge on any atom is 0.407 e. The van der Waals surface area contributed by atoms with Gasteiger partial charge in [0.05, 0.1) is 5.69 Å². The minimum atomic E-state index is -0.876. The number of carbonyl (C=O) groups is 1. The first kappa shape index (κ1) is 13.5. The molecule has 1 saturated heterocycles. The van der Waals surface area contributed by atoms with Gasteiger partial charge in [0, 0.05) is 30.6 Å². The number of nitrogens with zero attached hydrogens (tertiary/aromatic N) is 1. The Hall–Kier alpha value is -2.50. The van der Waals surface area contributed by atoms with Crippen molar-refractivity contribution in [1.82, 2.24) is 4.90 Å². The molecular formula is C15H16N2O4. The number of rotatable bonds is 2. The molecule has 0 bridgehead atoms. The van der Waals surface area contributed by atoms with Crippen LogP contribution in [0.1, 0.15) is 12.8 Å². The molecule has 6 heteroatoms. The zero-order valence-electron chi connectivity index (χ0n) is 11.4. The molecule has 110 valence electrons. The summed E-state index contributed by atoms with van der Waals surface area (Å²) in [5.41, 5.74) is 0.908. The van der Waals surface area contributed by atoms with Crippen LogP contribution in [0.2, 0.25) is 0 Å². The van der Waals surface area contributed by atoms with Crippen molar-refractivity contribution in [3.63, 3.8) is 0 Å². The van der Waals surface area contributed by atoms with Crippen LogP contribution in [-0.4, -0.2) is 35.2 Å². The molecule has 1 aliphatic heterocycles. The molecular weight excluding hydrogens is 272 g/mol. The second kappa shape index (κ2) is 5.47. The van der Waals surface area contributed by atoms with E-state index < -0.39 is 6.09 Å². The van der Waals surface area contributed by atoms with Gasteiger partial charge in [0.25, 0.3) is 0 Å². The molecule has 0 atom stereocenters. The van der Waals surface area contributed by atoms with Gasteiger partial charge in [0.1, 0.15) is 5.58 Å². The molecule has 2 aromatic rings. The van der Waals surface area contributed by atoms with E-state index in [-0.39, 0.29) is 11.7 Å². The molecule has 0 unspecified atom stereocenters. The number of benzene rings is 1. The number of hydrogen-bond donors (Lipinski definition) is 2. The van der Waals surface area contributed by atoms with Gasteiger partial charge >= 0.3 is 11.7 Å². The van der Waals surface area contributed by atoms with Crippen LogP contribution < -0.4 is 10.9 Å². The van der Waals surface area contributed by atoms with Gasteiger partial charge in [0.15, 0.2) is 0 Å². The van der Waals surface area contributed by atoms with Crippen LogP contribution in [0.5, 0.6) is 0 Å². The van der Waals surface area contributed by atoms with Gasteiger partial charge < -0.3 is 19.7 Å². The van der Waals surface area contributed by atoms with Crippen LogP contribution >= 0.6 is 0 Å². The SMILES string of the molecule is O=C(O)N1CCC(Nc2cc(=O)oc3ccccc23)CC1. The lowest BCUT2D eigenvalue weighted by molar-refractivity contribution is 0.134. The minimum absolute atomic E-state index is 0.158. The van der Waals surface area contributed by atoms with E-state index in [1.807, 2.05) is 18.2 Å². The Morgan fingerprint density at radius 3 is 2.71 bits per heavy atom. The highest BCUT2D eigenvalue weighted by atomic mass is 16.4. The van der Waals surface area contributed by atoms with E-state index in [1.54, 1.807) is 6.07 Å². The van der Waals surface area contributed by atoms with Crippen molar-refractivity contribution < 1.29 is 14.3 Å². The Morgan fingerprint density at radius 2 is 2.00 bits per heavy atom. The molecule has 3 rings (SSSR count). The van der Waals surface area contributed by atoms with Gasteiger partial charge in [-0.3, -0.25) is 0 Å². The summed E-state index contributed by atoms with van der Waals surface area (Å²) in [6.07, 6.45) is 0.570. The van der Waals surface area contributed by atoms with Gasteiger partial charge in [-0.2, -0.15) is 0 Å². The summed E-state index contributed by atoms with van der Waals surface area (Å²) >= 11 is 0. The van der Waals surface area contributed by atoms with Crippen molar-refractivity contribution in [2.45, 2.75) is 18.9 Å². The first-order valence-corrected chi connectivity index (χ1v) is 6.91. The van der Waals surface area contributed by atoms with Crippen LogP contribution in [0.4, 0.5) is 10.5 Å². The molecule has 0 saturated carbocycles. The number of nitrogens with one attached hydrogen (secondary N) is 1. The number of fused-ring (bicyclic) bond motifs is 1. The molecule has 2 heterocycles. The highest BCUT2D eigenvalue weighted by Crippen LogP contribution is 2.24. The first-order valence-electron chi connectivity index (χ1n) is 6.91. The Balaban J connectivity index is 1.80. The van der Waals surface area contributed by atoms with Crippen molar-refractivity contribution >= 4 is 22.7 Å². The van der Waals surface area contributed by atoms with E-state index in [9.17, 15) is 9.59 Å². The third kappa shape index (κ3) is 2.84. The number of anilines is 1. The Kier molecular flexibility index (Phi) is 3.51. The Bertz CT molecular complexity index is 717. The third-order valence-electron chi connectivity index (χ3n) is 3.78. The molecule has 1 aromatic heterocycles. The molecule has 0 spiro atoms. The molecule has 1 aromatic carbocycles. The first-order chi connectivity index (χ1) is 10.1. The van der Waals surface area contributed by atoms with E-state index in [2.05, 4.69) is 5.32 Å². The molecule has 0 aliphatic carbocycles. The third-order valence-corrected chi connectivity index (χ3v) is 3.78. The zero-order chi connectivity index (χ0) is 14.8. The van der Waals surface area contributed by atoms with Gasteiger partial charge in [-0.25, -0.2) is 9.59 Å². The van der Waals surface area contributed by atoms with Crippen molar-refractivity contribution in [2.24, 2.45) is 0 Å². The lowest BCUT2D eigenvalue weighted by Crippen LogP contribution is -2.41. The topological polar surface area (TPSA) is 82.8 Å². The van der Waals surface area contributed by atoms with Gasteiger partial charge in [-0.15, -0.1) is 0 Å². The number of piperidine rings is 1. The molecule has 1 amide bonds. The summed E-state index contributed by atoms with van der Waals surface area (Å²) in [6, 6.07) is 8.97. The van der Waals surface area contributed by atoms with Crippen LogP contribution in [0.3, 0.4) is 0 Å². The summed E-state index contributed by atoms with van der Waals surface area (Å²) < 4.78 is 5.16. The zero-order valence-corrected chi connectivity index (χ0v) is 11.4. The van der Waals surface area contributed by atoms with Crippen molar-refractivity contribution in [3.8, 4) is 0 Å². The summed E-state index contributed by atoms with van der Waals surface area (Å²) in [5, 5.41) is 13.1. The molecule has 0 radical (unpaired) electrons. The monoisotopic (exact) mass is 288 g/mol. The van der Waals surface area contributed by atoms with E-state index >= 15 is 0 Å². The van der Waals surface area contributed by atoms with Crippen molar-refractivity contribution in [3.05, 3.63) is 40.8 Å². The maximum atomic E-state index is 11.6. The van der Waals surface area contributed by atoms with Crippen molar-refractivity contribution in [2.75, 3.05) is 18.4 Å². The maximum absolute atomic E-state index is 11.6. The number of para-hydroxylation sites is 1.